The van der Waals surface area contributed by atoms with E-state index in [0.29, 0.717) is 23.4 Å². The first kappa shape index (κ1) is 17.8. The summed E-state index contributed by atoms with van der Waals surface area (Å²) in [6.45, 7) is 4.53. The van der Waals surface area contributed by atoms with Crippen LogP contribution in [0.25, 0.3) is 11.3 Å². The van der Waals surface area contributed by atoms with E-state index in [-0.39, 0.29) is 17.8 Å². The molecule has 0 radical (unpaired) electrons. The van der Waals surface area contributed by atoms with E-state index in [1.807, 2.05) is 30.9 Å². The van der Waals surface area contributed by atoms with E-state index >= 15 is 0 Å². The van der Waals surface area contributed by atoms with Crippen molar-refractivity contribution in [2.45, 2.75) is 32.9 Å². The first-order valence-electron chi connectivity index (χ1n) is 8.59. The Morgan fingerprint density at radius 2 is 2.04 bits per heavy atom. The van der Waals surface area contributed by atoms with Crippen molar-refractivity contribution in [3.8, 4) is 11.3 Å². The molecule has 2 aromatic heterocycles. The van der Waals surface area contributed by atoms with Crippen LogP contribution in [0, 0.1) is 5.82 Å². The van der Waals surface area contributed by atoms with E-state index in [4.69, 9.17) is 0 Å². The number of H-pyrrole nitrogens is 1. The number of hydrogen-bond acceptors (Lipinski definition) is 3. The second kappa shape index (κ2) is 7.91. The number of aromatic nitrogens is 3. The van der Waals surface area contributed by atoms with Crippen LogP contribution >= 0.6 is 0 Å². The molecule has 0 fully saturated rings. The summed E-state index contributed by atoms with van der Waals surface area (Å²) in [5.41, 5.74) is 2.56. The molecule has 0 bridgehead atoms. The number of carbonyl (C=O) groups is 1. The number of nitrogens with one attached hydrogen (secondary N) is 1. The quantitative estimate of drug-likeness (QED) is 0.728. The SMILES string of the molecule is CCC(C)N(Cc1ccncc1)C(=O)c1cn[nH]c1-c1cccc(F)c1. The molecule has 0 aliphatic rings. The molecule has 3 aromatic rings. The average Bonchev–Trinajstić information content (AvgIpc) is 3.15. The predicted molar refractivity (Wildman–Crippen MR) is 97.8 cm³/mol. The van der Waals surface area contributed by atoms with Crippen LogP contribution < -0.4 is 0 Å². The van der Waals surface area contributed by atoms with Gasteiger partial charge in [0, 0.05) is 30.5 Å². The lowest BCUT2D eigenvalue weighted by molar-refractivity contribution is 0.0672. The molecule has 0 saturated heterocycles. The van der Waals surface area contributed by atoms with Crippen molar-refractivity contribution in [2.24, 2.45) is 0 Å². The van der Waals surface area contributed by atoms with Crippen LogP contribution in [-0.4, -0.2) is 32.0 Å². The summed E-state index contributed by atoms with van der Waals surface area (Å²) >= 11 is 0. The third-order valence-corrected chi connectivity index (χ3v) is 4.47. The van der Waals surface area contributed by atoms with E-state index in [2.05, 4.69) is 15.2 Å². The largest absolute Gasteiger partial charge is 0.332 e. The lowest BCUT2D eigenvalue weighted by atomic mass is 10.1. The van der Waals surface area contributed by atoms with Crippen molar-refractivity contribution >= 4 is 5.91 Å². The smallest absolute Gasteiger partial charge is 0.258 e. The second-order valence-corrected chi connectivity index (χ2v) is 6.21. The number of rotatable bonds is 6. The lowest BCUT2D eigenvalue weighted by Gasteiger charge is -2.28. The first-order valence-corrected chi connectivity index (χ1v) is 8.59. The first-order chi connectivity index (χ1) is 12.6. The molecule has 0 saturated carbocycles. The Morgan fingerprint density at radius 1 is 1.27 bits per heavy atom. The maximum Gasteiger partial charge on any atom is 0.258 e. The molecule has 6 heteroatoms. The minimum Gasteiger partial charge on any atom is -0.332 e. The van der Waals surface area contributed by atoms with Crippen molar-refractivity contribution in [1.82, 2.24) is 20.1 Å². The molecular formula is C20H21FN4O. The molecule has 1 amide bonds. The Labute approximate surface area is 151 Å². The minimum absolute atomic E-state index is 0.0472. The number of carbonyl (C=O) groups excluding carboxylic acids is 1. The van der Waals surface area contributed by atoms with Gasteiger partial charge in [-0.25, -0.2) is 4.39 Å². The molecule has 2 heterocycles. The van der Waals surface area contributed by atoms with Gasteiger partial charge in [-0.3, -0.25) is 14.9 Å². The lowest BCUT2D eigenvalue weighted by Crippen LogP contribution is -2.37. The zero-order valence-electron chi connectivity index (χ0n) is 14.8. The highest BCUT2D eigenvalue weighted by Crippen LogP contribution is 2.24. The molecule has 5 nitrogen and oxygen atoms in total. The maximum absolute atomic E-state index is 13.6. The summed E-state index contributed by atoms with van der Waals surface area (Å²) in [5, 5.41) is 6.85. The number of halogens is 1. The minimum atomic E-state index is -0.355. The van der Waals surface area contributed by atoms with Gasteiger partial charge in [0.15, 0.2) is 0 Å². The molecule has 3 rings (SSSR count). The molecule has 1 atom stereocenters. The summed E-state index contributed by atoms with van der Waals surface area (Å²) in [6.07, 6.45) is 5.75. The van der Waals surface area contributed by atoms with Crippen molar-refractivity contribution in [1.29, 1.82) is 0 Å². The van der Waals surface area contributed by atoms with Gasteiger partial charge in [0.2, 0.25) is 0 Å². The van der Waals surface area contributed by atoms with Gasteiger partial charge >= 0.3 is 0 Å². The highest BCUT2D eigenvalue weighted by atomic mass is 19.1. The van der Waals surface area contributed by atoms with Crippen LogP contribution in [-0.2, 0) is 6.54 Å². The number of amides is 1. The van der Waals surface area contributed by atoms with Gasteiger partial charge in [0.05, 0.1) is 17.5 Å². The van der Waals surface area contributed by atoms with Gasteiger partial charge in [-0.1, -0.05) is 19.1 Å². The van der Waals surface area contributed by atoms with Crippen LogP contribution in [0.15, 0.2) is 55.0 Å². The Balaban J connectivity index is 1.94. The Kier molecular flexibility index (Phi) is 5.41. The van der Waals surface area contributed by atoms with Gasteiger partial charge in [0.25, 0.3) is 5.91 Å². The molecule has 1 unspecified atom stereocenters. The molecule has 0 aliphatic heterocycles. The number of hydrogen-bond donors (Lipinski definition) is 1. The summed E-state index contributed by atoms with van der Waals surface area (Å²) in [4.78, 5) is 19.1. The topological polar surface area (TPSA) is 61.9 Å². The summed E-state index contributed by atoms with van der Waals surface area (Å²) in [7, 11) is 0. The van der Waals surface area contributed by atoms with Crippen molar-refractivity contribution in [2.75, 3.05) is 0 Å². The monoisotopic (exact) mass is 352 g/mol. The number of benzene rings is 1. The number of nitrogens with zero attached hydrogens (tertiary/aromatic N) is 3. The third-order valence-electron chi connectivity index (χ3n) is 4.47. The predicted octanol–water partition coefficient (Wildman–Crippen LogP) is 4.05. The highest BCUT2D eigenvalue weighted by Gasteiger charge is 2.25. The third kappa shape index (κ3) is 3.79. The van der Waals surface area contributed by atoms with E-state index < -0.39 is 0 Å². The molecule has 134 valence electrons. The Morgan fingerprint density at radius 3 is 2.73 bits per heavy atom. The van der Waals surface area contributed by atoms with Gasteiger partial charge in [0.1, 0.15) is 5.82 Å². The van der Waals surface area contributed by atoms with Crippen LogP contribution in [0.2, 0.25) is 0 Å². The molecule has 0 aliphatic carbocycles. The fourth-order valence-corrected chi connectivity index (χ4v) is 2.80. The van der Waals surface area contributed by atoms with Gasteiger partial charge in [-0.2, -0.15) is 5.10 Å². The second-order valence-electron chi connectivity index (χ2n) is 6.21. The summed E-state index contributed by atoms with van der Waals surface area (Å²) in [5.74, 6) is -0.491. The van der Waals surface area contributed by atoms with Crippen LogP contribution in [0.1, 0.15) is 36.2 Å². The van der Waals surface area contributed by atoms with Crippen molar-refractivity contribution in [3.63, 3.8) is 0 Å². The van der Waals surface area contributed by atoms with Crippen molar-refractivity contribution < 1.29 is 9.18 Å². The fourth-order valence-electron chi connectivity index (χ4n) is 2.80. The van der Waals surface area contributed by atoms with Crippen molar-refractivity contribution in [3.05, 3.63) is 71.9 Å². The number of aromatic amines is 1. The van der Waals surface area contributed by atoms with E-state index in [1.54, 1.807) is 24.5 Å². The van der Waals surface area contributed by atoms with E-state index in [9.17, 15) is 9.18 Å². The highest BCUT2D eigenvalue weighted by molar-refractivity contribution is 5.99. The normalized spacial score (nSPS) is 12.0. The van der Waals surface area contributed by atoms with Gasteiger partial charge < -0.3 is 4.90 Å². The Hall–Kier alpha value is -3.02. The summed E-state index contributed by atoms with van der Waals surface area (Å²) in [6, 6.07) is 9.96. The molecule has 1 aromatic carbocycles. The van der Waals surface area contributed by atoms with Crippen LogP contribution in [0.4, 0.5) is 4.39 Å². The maximum atomic E-state index is 13.6. The summed E-state index contributed by atoms with van der Waals surface area (Å²) < 4.78 is 13.6. The molecule has 0 spiro atoms. The zero-order valence-corrected chi connectivity index (χ0v) is 14.8. The molecule has 1 N–H and O–H groups in total. The van der Waals surface area contributed by atoms with E-state index in [1.165, 1.54) is 18.3 Å². The molecular weight excluding hydrogens is 331 g/mol. The standard InChI is InChI=1S/C20H21FN4O/c1-3-14(2)25(13-15-7-9-22-10-8-15)20(26)18-12-23-24-19(18)16-5-4-6-17(21)11-16/h4-12,14H,3,13H2,1-2H3,(H,23,24). The van der Waals surface area contributed by atoms with Gasteiger partial charge in [-0.05, 0) is 43.2 Å². The van der Waals surface area contributed by atoms with Crippen LogP contribution in [0.5, 0.6) is 0 Å². The number of pyridine rings is 1. The molecule has 26 heavy (non-hydrogen) atoms. The Bertz CT molecular complexity index is 878. The van der Waals surface area contributed by atoms with Crippen LogP contribution in [0.3, 0.4) is 0 Å². The zero-order chi connectivity index (χ0) is 18.5. The van der Waals surface area contributed by atoms with Gasteiger partial charge in [-0.15, -0.1) is 0 Å². The fraction of sp³-hybridized carbons (Fsp3) is 0.250. The van der Waals surface area contributed by atoms with E-state index in [0.717, 1.165) is 12.0 Å². The average molecular weight is 352 g/mol.